The molecule has 1 saturated carbocycles. The topological polar surface area (TPSA) is 27.1 Å². The molecule has 0 unspecified atom stereocenters. The zero-order valence-corrected chi connectivity index (χ0v) is 13.7. The lowest BCUT2D eigenvalue weighted by molar-refractivity contribution is 0.0899. The molecule has 0 saturated heterocycles. The first-order valence-electron chi connectivity index (χ1n) is 7.56. The Bertz CT molecular complexity index is 596. The lowest BCUT2D eigenvalue weighted by Gasteiger charge is -2.15. The Hall–Kier alpha value is -1.13. The third-order valence-electron chi connectivity index (χ3n) is 3.94. The van der Waals surface area contributed by atoms with Crippen molar-refractivity contribution in [2.45, 2.75) is 51.2 Å². The van der Waals surface area contributed by atoms with Crippen molar-refractivity contribution in [3.63, 3.8) is 0 Å². The molecule has 0 spiro atoms. The van der Waals surface area contributed by atoms with Crippen molar-refractivity contribution in [2.24, 2.45) is 0 Å². The molecule has 0 bridgehead atoms. The SMILES string of the molecule is C[Si](C)(C)CCOCn1ccc2c(C3CC3)ccnc21. The van der Waals surface area contributed by atoms with E-state index < -0.39 is 8.07 Å². The average Bonchev–Trinajstić information content (AvgIpc) is 3.14. The summed E-state index contributed by atoms with van der Waals surface area (Å²) in [5, 5.41) is 1.31. The highest BCUT2D eigenvalue weighted by Gasteiger charge is 2.26. The number of hydrogen-bond donors (Lipinski definition) is 0. The molecule has 0 aliphatic heterocycles. The molecule has 108 valence electrons. The van der Waals surface area contributed by atoms with Crippen LogP contribution in [0.3, 0.4) is 0 Å². The van der Waals surface area contributed by atoms with Gasteiger partial charge in [0.05, 0.1) is 0 Å². The Morgan fingerprint density at radius 2 is 2.10 bits per heavy atom. The third kappa shape index (κ3) is 3.12. The van der Waals surface area contributed by atoms with Gasteiger partial charge < -0.3 is 9.30 Å². The molecular weight excluding hydrogens is 264 g/mol. The highest BCUT2D eigenvalue weighted by atomic mass is 28.3. The number of hydrogen-bond acceptors (Lipinski definition) is 2. The summed E-state index contributed by atoms with van der Waals surface area (Å²) in [7, 11) is -0.998. The van der Waals surface area contributed by atoms with Crippen molar-refractivity contribution in [2.75, 3.05) is 6.61 Å². The molecule has 2 aromatic heterocycles. The van der Waals surface area contributed by atoms with Gasteiger partial charge in [0.2, 0.25) is 0 Å². The Balaban J connectivity index is 1.68. The fourth-order valence-corrected chi connectivity index (χ4v) is 3.26. The van der Waals surface area contributed by atoms with E-state index in [1.165, 1.54) is 29.8 Å². The second-order valence-corrected chi connectivity index (χ2v) is 12.7. The van der Waals surface area contributed by atoms with Gasteiger partial charge in [-0.1, -0.05) is 19.6 Å². The molecule has 3 rings (SSSR count). The summed E-state index contributed by atoms with van der Waals surface area (Å²) in [5.74, 6) is 0.768. The van der Waals surface area contributed by atoms with E-state index in [1.54, 1.807) is 0 Å². The molecule has 0 amide bonds. The zero-order chi connectivity index (χ0) is 14.2. The van der Waals surface area contributed by atoms with Gasteiger partial charge in [-0.15, -0.1) is 0 Å². The van der Waals surface area contributed by atoms with Gasteiger partial charge in [0.25, 0.3) is 0 Å². The molecule has 2 aromatic rings. The minimum absolute atomic E-state index is 0.620. The quantitative estimate of drug-likeness (QED) is 0.587. The summed E-state index contributed by atoms with van der Waals surface area (Å²) in [6.45, 7) is 8.62. The van der Waals surface area contributed by atoms with Crippen LogP contribution in [0.2, 0.25) is 25.7 Å². The number of ether oxygens (including phenoxy) is 1. The molecule has 1 aliphatic rings. The van der Waals surface area contributed by atoms with E-state index >= 15 is 0 Å². The predicted octanol–water partition coefficient (Wildman–Crippen LogP) is 4.23. The molecular formula is C16H24N2OSi. The summed E-state index contributed by atoms with van der Waals surface area (Å²) >= 11 is 0. The molecule has 4 heteroatoms. The number of rotatable bonds is 6. The van der Waals surface area contributed by atoms with Gasteiger partial charge in [0.1, 0.15) is 12.4 Å². The van der Waals surface area contributed by atoms with Crippen LogP contribution < -0.4 is 0 Å². The van der Waals surface area contributed by atoms with Crippen LogP contribution in [0.15, 0.2) is 24.5 Å². The average molecular weight is 288 g/mol. The molecule has 0 N–H and O–H groups in total. The normalized spacial score (nSPS) is 15.9. The van der Waals surface area contributed by atoms with Crippen molar-refractivity contribution in [1.82, 2.24) is 9.55 Å². The van der Waals surface area contributed by atoms with E-state index in [1.807, 2.05) is 6.20 Å². The monoisotopic (exact) mass is 288 g/mol. The van der Waals surface area contributed by atoms with E-state index in [-0.39, 0.29) is 0 Å². The van der Waals surface area contributed by atoms with Crippen LogP contribution in [-0.4, -0.2) is 24.2 Å². The van der Waals surface area contributed by atoms with Crippen molar-refractivity contribution in [3.8, 4) is 0 Å². The summed E-state index contributed by atoms with van der Waals surface area (Å²) in [6, 6.07) is 5.58. The highest BCUT2D eigenvalue weighted by Crippen LogP contribution is 2.42. The van der Waals surface area contributed by atoms with Gasteiger partial charge in [0, 0.05) is 32.5 Å². The highest BCUT2D eigenvalue weighted by molar-refractivity contribution is 6.76. The van der Waals surface area contributed by atoms with Gasteiger partial charge in [-0.05, 0) is 42.5 Å². The van der Waals surface area contributed by atoms with E-state index in [0.717, 1.165) is 18.2 Å². The first kappa shape index (κ1) is 13.8. The second kappa shape index (κ2) is 5.33. The number of fused-ring (bicyclic) bond motifs is 1. The van der Waals surface area contributed by atoms with Crippen LogP contribution in [0.4, 0.5) is 0 Å². The fourth-order valence-electron chi connectivity index (χ4n) is 2.51. The summed E-state index contributed by atoms with van der Waals surface area (Å²) < 4.78 is 7.97. The van der Waals surface area contributed by atoms with Crippen molar-refractivity contribution in [1.29, 1.82) is 0 Å². The Labute approximate surface area is 122 Å². The smallest absolute Gasteiger partial charge is 0.142 e. The first-order chi connectivity index (χ1) is 9.54. The number of aromatic nitrogens is 2. The van der Waals surface area contributed by atoms with E-state index in [2.05, 4.69) is 47.5 Å². The van der Waals surface area contributed by atoms with Gasteiger partial charge >= 0.3 is 0 Å². The molecule has 1 fully saturated rings. The van der Waals surface area contributed by atoms with Crippen molar-refractivity contribution < 1.29 is 4.74 Å². The minimum Gasteiger partial charge on any atom is -0.361 e. The largest absolute Gasteiger partial charge is 0.361 e. The van der Waals surface area contributed by atoms with Crippen molar-refractivity contribution in [3.05, 3.63) is 30.1 Å². The predicted molar refractivity (Wildman–Crippen MR) is 85.8 cm³/mol. The van der Waals surface area contributed by atoms with Crippen LogP contribution in [0.1, 0.15) is 24.3 Å². The fraction of sp³-hybridized carbons (Fsp3) is 0.562. The third-order valence-corrected chi connectivity index (χ3v) is 5.64. The number of nitrogens with zero attached hydrogens (tertiary/aromatic N) is 2. The second-order valence-electron chi connectivity index (χ2n) is 7.05. The van der Waals surface area contributed by atoms with Crippen LogP contribution in [0.25, 0.3) is 11.0 Å². The summed E-state index contributed by atoms with van der Waals surface area (Å²) in [6.07, 6.45) is 6.71. The van der Waals surface area contributed by atoms with Crippen LogP contribution in [0.5, 0.6) is 0 Å². The molecule has 1 aliphatic carbocycles. The molecule has 0 radical (unpaired) electrons. The Kier molecular flexibility index (Phi) is 3.69. The Morgan fingerprint density at radius 1 is 1.30 bits per heavy atom. The van der Waals surface area contributed by atoms with E-state index in [0.29, 0.717) is 6.73 Å². The molecule has 3 nitrogen and oxygen atoms in total. The molecule has 0 aromatic carbocycles. The standard InChI is InChI=1S/C16H24N2OSi/c1-20(2,3)11-10-19-12-18-9-7-15-14(13-4-5-13)6-8-17-16(15)18/h6-9,13H,4-5,10-12H2,1-3H3. The maximum Gasteiger partial charge on any atom is 0.142 e. The lowest BCUT2D eigenvalue weighted by atomic mass is 10.1. The van der Waals surface area contributed by atoms with E-state index in [4.69, 9.17) is 4.74 Å². The first-order valence-corrected chi connectivity index (χ1v) is 11.3. The van der Waals surface area contributed by atoms with E-state index in [9.17, 15) is 0 Å². The number of pyridine rings is 1. The molecule has 20 heavy (non-hydrogen) atoms. The Morgan fingerprint density at radius 3 is 2.80 bits per heavy atom. The van der Waals surface area contributed by atoms with Crippen LogP contribution in [0, 0.1) is 0 Å². The maximum absolute atomic E-state index is 5.84. The van der Waals surface area contributed by atoms with Crippen LogP contribution >= 0.6 is 0 Å². The van der Waals surface area contributed by atoms with Crippen LogP contribution in [-0.2, 0) is 11.5 Å². The summed E-state index contributed by atoms with van der Waals surface area (Å²) in [4.78, 5) is 4.53. The van der Waals surface area contributed by atoms with Crippen molar-refractivity contribution >= 4 is 19.1 Å². The molecule has 2 heterocycles. The maximum atomic E-state index is 5.84. The van der Waals surface area contributed by atoms with Gasteiger partial charge in [-0.2, -0.15) is 0 Å². The van der Waals surface area contributed by atoms with Gasteiger partial charge in [-0.3, -0.25) is 0 Å². The summed E-state index contributed by atoms with van der Waals surface area (Å²) in [5.41, 5.74) is 2.54. The van der Waals surface area contributed by atoms with Gasteiger partial charge in [-0.25, -0.2) is 4.98 Å². The molecule has 0 atom stereocenters. The van der Waals surface area contributed by atoms with Gasteiger partial charge in [0.15, 0.2) is 0 Å². The lowest BCUT2D eigenvalue weighted by Crippen LogP contribution is -2.22. The zero-order valence-electron chi connectivity index (χ0n) is 12.7. The minimum atomic E-state index is -0.998.